The molecule has 0 unspecified atom stereocenters. The summed E-state index contributed by atoms with van der Waals surface area (Å²) in [4.78, 5) is 8.12. The molecule has 0 spiro atoms. The Bertz CT molecular complexity index is 315. The van der Waals surface area contributed by atoms with Crippen LogP contribution in [0, 0.1) is 0 Å². The van der Waals surface area contributed by atoms with E-state index in [9.17, 15) is 0 Å². The molecule has 0 aliphatic carbocycles. The first-order chi connectivity index (χ1) is 7.13. The average Bonchev–Trinajstić information content (AvgIpc) is 2.29. The molecular formula is C9H16N4O2. The number of anilines is 2. The number of aliphatic hydroxyl groups excluding tert-OH is 2. The van der Waals surface area contributed by atoms with Crippen molar-refractivity contribution in [1.29, 1.82) is 0 Å². The fourth-order valence-electron chi connectivity index (χ4n) is 0.985. The summed E-state index contributed by atoms with van der Waals surface area (Å²) in [6.45, 7) is 1.32. The summed E-state index contributed by atoms with van der Waals surface area (Å²) >= 11 is 0. The maximum absolute atomic E-state index is 9.09. The van der Waals surface area contributed by atoms with E-state index >= 15 is 0 Å². The lowest BCUT2D eigenvalue weighted by Crippen LogP contribution is -2.42. The Morgan fingerprint density at radius 2 is 1.87 bits per heavy atom. The maximum Gasteiger partial charge on any atom is 0.147 e. The molecule has 0 atom stereocenters. The smallest absolute Gasteiger partial charge is 0.147 e. The number of nitrogens with one attached hydrogen (secondary N) is 2. The van der Waals surface area contributed by atoms with Crippen LogP contribution in [0.2, 0.25) is 0 Å². The van der Waals surface area contributed by atoms with Gasteiger partial charge in [-0.15, -0.1) is 0 Å². The van der Waals surface area contributed by atoms with Gasteiger partial charge in [-0.3, -0.25) is 4.98 Å². The summed E-state index contributed by atoms with van der Waals surface area (Å²) in [5.74, 6) is 1.13. The van der Waals surface area contributed by atoms with Gasteiger partial charge in [0.2, 0.25) is 0 Å². The second-order valence-corrected chi connectivity index (χ2v) is 3.54. The van der Waals surface area contributed by atoms with E-state index in [1.54, 1.807) is 20.2 Å². The summed E-state index contributed by atoms with van der Waals surface area (Å²) in [6.07, 6.45) is 3.12. The molecule has 1 aromatic rings. The zero-order chi connectivity index (χ0) is 11.3. The van der Waals surface area contributed by atoms with Crippen LogP contribution in [0.15, 0.2) is 12.4 Å². The Morgan fingerprint density at radius 3 is 2.40 bits per heavy atom. The number of hydrogen-bond donors (Lipinski definition) is 4. The van der Waals surface area contributed by atoms with E-state index in [0.717, 1.165) is 0 Å². The van der Waals surface area contributed by atoms with Gasteiger partial charge in [-0.1, -0.05) is 0 Å². The molecule has 4 N–H and O–H groups in total. The topological polar surface area (TPSA) is 90.3 Å². The van der Waals surface area contributed by atoms with Crippen LogP contribution >= 0.6 is 0 Å². The second-order valence-electron chi connectivity index (χ2n) is 3.54. The van der Waals surface area contributed by atoms with Crippen LogP contribution in [0.4, 0.5) is 11.6 Å². The Labute approximate surface area is 88.4 Å². The third-order valence-electron chi connectivity index (χ3n) is 2.02. The van der Waals surface area contributed by atoms with Gasteiger partial charge in [-0.25, -0.2) is 4.98 Å². The van der Waals surface area contributed by atoms with Crippen molar-refractivity contribution in [2.24, 2.45) is 0 Å². The van der Waals surface area contributed by atoms with Crippen molar-refractivity contribution in [3.63, 3.8) is 0 Å². The lowest BCUT2D eigenvalue weighted by atomic mass is 10.1. The normalized spacial score (nSPS) is 11.2. The average molecular weight is 212 g/mol. The summed E-state index contributed by atoms with van der Waals surface area (Å²) < 4.78 is 0. The molecule has 15 heavy (non-hydrogen) atoms. The molecular weight excluding hydrogens is 196 g/mol. The Kier molecular flexibility index (Phi) is 3.81. The van der Waals surface area contributed by atoms with Gasteiger partial charge in [0.05, 0.1) is 31.1 Å². The Balaban J connectivity index is 2.79. The fraction of sp³-hybridized carbons (Fsp3) is 0.556. The van der Waals surface area contributed by atoms with Gasteiger partial charge in [-0.05, 0) is 6.92 Å². The third kappa shape index (κ3) is 3.03. The number of hydrogen-bond acceptors (Lipinski definition) is 6. The highest BCUT2D eigenvalue weighted by molar-refractivity contribution is 5.42. The molecule has 0 saturated carbocycles. The predicted molar refractivity (Wildman–Crippen MR) is 57.8 cm³/mol. The largest absolute Gasteiger partial charge is 0.394 e. The van der Waals surface area contributed by atoms with E-state index in [1.807, 2.05) is 0 Å². The highest BCUT2D eigenvalue weighted by atomic mass is 16.3. The van der Waals surface area contributed by atoms with Gasteiger partial charge < -0.3 is 20.8 Å². The Morgan fingerprint density at radius 1 is 1.27 bits per heavy atom. The van der Waals surface area contributed by atoms with Crippen LogP contribution < -0.4 is 10.6 Å². The van der Waals surface area contributed by atoms with E-state index in [0.29, 0.717) is 11.6 Å². The monoisotopic (exact) mass is 212 g/mol. The molecule has 0 aliphatic heterocycles. The highest BCUT2D eigenvalue weighted by Gasteiger charge is 2.22. The van der Waals surface area contributed by atoms with Crippen molar-refractivity contribution < 1.29 is 10.2 Å². The first-order valence-corrected chi connectivity index (χ1v) is 4.63. The molecule has 0 bridgehead atoms. The summed E-state index contributed by atoms with van der Waals surface area (Å²) in [5.41, 5.74) is -0.791. The third-order valence-corrected chi connectivity index (χ3v) is 2.02. The molecule has 0 amide bonds. The zero-order valence-corrected chi connectivity index (χ0v) is 8.86. The first-order valence-electron chi connectivity index (χ1n) is 4.63. The van der Waals surface area contributed by atoms with Crippen molar-refractivity contribution in [3.05, 3.63) is 12.4 Å². The van der Waals surface area contributed by atoms with Gasteiger partial charge in [-0.2, -0.15) is 0 Å². The Hall–Kier alpha value is -1.40. The second kappa shape index (κ2) is 4.90. The molecule has 0 aliphatic rings. The quantitative estimate of drug-likeness (QED) is 0.534. The van der Waals surface area contributed by atoms with Crippen LogP contribution in [0.25, 0.3) is 0 Å². The van der Waals surface area contributed by atoms with E-state index < -0.39 is 5.54 Å². The molecule has 0 saturated heterocycles. The number of rotatable bonds is 5. The molecule has 0 aromatic carbocycles. The fourth-order valence-corrected chi connectivity index (χ4v) is 0.985. The minimum absolute atomic E-state index is 0.186. The van der Waals surface area contributed by atoms with Crippen molar-refractivity contribution in [2.45, 2.75) is 12.5 Å². The van der Waals surface area contributed by atoms with Crippen LogP contribution in [0.5, 0.6) is 0 Å². The van der Waals surface area contributed by atoms with Gasteiger partial charge in [0.25, 0.3) is 0 Å². The minimum atomic E-state index is -0.791. The summed E-state index contributed by atoms with van der Waals surface area (Å²) in [6, 6.07) is 0. The van der Waals surface area contributed by atoms with Gasteiger partial charge in [0.15, 0.2) is 0 Å². The molecule has 0 fully saturated rings. The molecule has 1 heterocycles. The molecule has 1 rings (SSSR count). The number of aliphatic hydroxyl groups is 2. The predicted octanol–water partition coefficient (Wildman–Crippen LogP) is -0.327. The molecule has 6 nitrogen and oxygen atoms in total. The van der Waals surface area contributed by atoms with Crippen LogP contribution in [0.3, 0.4) is 0 Å². The SMILES string of the molecule is CNc1cncc(NC(C)(CO)CO)n1. The highest BCUT2D eigenvalue weighted by Crippen LogP contribution is 2.13. The molecule has 6 heteroatoms. The maximum atomic E-state index is 9.09. The van der Waals surface area contributed by atoms with Crippen molar-refractivity contribution in [2.75, 3.05) is 30.9 Å². The molecule has 1 aromatic heterocycles. The lowest BCUT2D eigenvalue weighted by Gasteiger charge is -2.26. The minimum Gasteiger partial charge on any atom is -0.394 e. The van der Waals surface area contributed by atoms with Crippen LogP contribution in [-0.4, -0.2) is 46.0 Å². The summed E-state index contributed by atoms with van der Waals surface area (Å²) in [7, 11) is 1.74. The standard InChI is InChI=1S/C9H16N4O2/c1-9(5-14,6-15)13-8-4-11-3-7(10-2)12-8/h3-4,14-15H,5-6H2,1-2H3,(H2,10,12,13). The van der Waals surface area contributed by atoms with Gasteiger partial charge in [0, 0.05) is 7.05 Å². The van der Waals surface area contributed by atoms with Gasteiger partial charge >= 0.3 is 0 Å². The lowest BCUT2D eigenvalue weighted by molar-refractivity contribution is 0.147. The molecule has 84 valence electrons. The van der Waals surface area contributed by atoms with E-state index in [2.05, 4.69) is 20.6 Å². The number of aromatic nitrogens is 2. The van der Waals surface area contributed by atoms with Crippen LogP contribution in [0.1, 0.15) is 6.92 Å². The summed E-state index contributed by atoms with van der Waals surface area (Å²) in [5, 5.41) is 23.9. The van der Waals surface area contributed by atoms with Gasteiger partial charge in [0.1, 0.15) is 11.6 Å². The van der Waals surface area contributed by atoms with Crippen molar-refractivity contribution in [3.8, 4) is 0 Å². The van der Waals surface area contributed by atoms with Crippen molar-refractivity contribution in [1.82, 2.24) is 9.97 Å². The van der Waals surface area contributed by atoms with E-state index in [4.69, 9.17) is 10.2 Å². The number of nitrogens with zero attached hydrogens (tertiary/aromatic N) is 2. The zero-order valence-electron chi connectivity index (χ0n) is 8.86. The molecule has 0 radical (unpaired) electrons. The van der Waals surface area contributed by atoms with E-state index in [-0.39, 0.29) is 13.2 Å². The van der Waals surface area contributed by atoms with Crippen molar-refractivity contribution >= 4 is 11.6 Å². The first kappa shape index (κ1) is 11.7. The van der Waals surface area contributed by atoms with Crippen LogP contribution in [-0.2, 0) is 0 Å². The van der Waals surface area contributed by atoms with E-state index in [1.165, 1.54) is 6.20 Å².